The Balaban J connectivity index is 1.90. The summed E-state index contributed by atoms with van der Waals surface area (Å²) >= 11 is 3.40. The number of alkyl carbamates (subject to hydrolysis) is 1. The van der Waals surface area contributed by atoms with Crippen molar-refractivity contribution >= 4 is 28.0 Å². The van der Waals surface area contributed by atoms with Gasteiger partial charge in [0.15, 0.2) is 0 Å². The van der Waals surface area contributed by atoms with Crippen molar-refractivity contribution in [3.05, 3.63) is 70.2 Å². The normalized spacial score (nSPS) is 12.3. The van der Waals surface area contributed by atoms with Crippen LogP contribution in [0.5, 0.6) is 0 Å². The lowest BCUT2D eigenvalue weighted by Gasteiger charge is -2.28. The van der Waals surface area contributed by atoms with Crippen molar-refractivity contribution in [3.63, 3.8) is 0 Å². The van der Waals surface area contributed by atoms with Crippen LogP contribution in [0.15, 0.2) is 59.1 Å². The van der Waals surface area contributed by atoms with Gasteiger partial charge in [-0.15, -0.1) is 0 Å². The lowest BCUT2D eigenvalue weighted by atomic mass is 9.77. The molecule has 0 aliphatic rings. The molecule has 0 fully saturated rings. The molecule has 0 radical (unpaired) electrons. The second-order valence-corrected chi connectivity index (χ2v) is 7.99. The Hall–Kier alpha value is -2.34. The Labute approximate surface area is 167 Å². The van der Waals surface area contributed by atoms with E-state index in [1.165, 1.54) is 0 Å². The third-order valence-corrected chi connectivity index (χ3v) is 4.97. The minimum atomic E-state index is -0.941. The molecule has 0 aromatic heterocycles. The van der Waals surface area contributed by atoms with Crippen molar-refractivity contribution in [2.75, 3.05) is 6.54 Å². The van der Waals surface area contributed by atoms with Gasteiger partial charge in [0.25, 0.3) is 0 Å². The van der Waals surface area contributed by atoms with Gasteiger partial charge in [0, 0.05) is 11.0 Å². The van der Waals surface area contributed by atoms with Crippen LogP contribution in [0.1, 0.15) is 31.4 Å². The molecular formula is C21H24BrNO4. The Bertz CT molecular complexity index is 760. The van der Waals surface area contributed by atoms with Crippen LogP contribution in [0.25, 0.3) is 0 Å². The van der Waals surface area contributed by atoms with Crippen molar-refractivity contribution in [2.24, 2.45) is 5.92 Å². The SMILES string of the molecule is CC(C)(CC(CNC(=O)OCc1ccccc1)C(=O)O)c1ccc(Br)cc1. The molecule has 0 spiro atoms. The van der Waals surface area contributed by atoms with Gasteiger partial charge < -0.3 is 15.2 Å². The quantitative estimate of drug-likeness (QED) is 0.629. The fraction of sp³-hybridized carbons (Fsp3) is 0.333. The van der Waals surface area contributed by atoms with E-state index in [2.05, 4.69) is 21.2 Å². The monoisotopic (exact) mass is 433 g/mol. The van der Waals surface area contributed by atoms with Crippen LogP contribution in [-0.4, -0.2) is 23.7 Å². The van der Waals surface area contributed by atoms with Crippen molar-refractivity contribution in [1.82, 2.24) is 5.32 Å². The Morgan fingerprint density at radius 2 is 1.74 bits per heavy atom. The van der Waals surface area contributed by atoms with Crippen LogP contribution in [0.2, 0.25) is 0 Å². The highest BCUT2D eigenvalue weighted by molar-refractivity contribution is 9.10. The minimum Gasteiger partial charge on any atom is -0.481 e. The van der Waals surface area contributed by atoms with Gasteiger partial charge in [-0.1, -0.05) is 72.2 Å². The lowest BCUT2D eigenvalue weighted by Crippen LogP contribution is -2.36. The predicted octanol–water partition coefficient (Wildman–Crippen LogP) is 4.74. The van der Waals surface area contributed by atoms with E-state index >= 15 is 0 Å². The van der Waals surface area contributed by atoms with E-state index in [1.807, 2.05) is 68.4 Å². The largest absolute Gasteiger partial charge is 0.481 e. The van der Waals surface area contributed by atoms with E-state index in [0.29, 0.717) is 6.42 Å². The molecule has 27 heavy (non-hydrogen) atoms. The number of halogens is 1. The first kappa shape index (κ1) is 21.0. The number of ether oxygens (including phenoxy) is 1. The van der Waals surface area contributed by atoms with Crippen molar-refractivity contribution < 1.29 is 19.4 Å². The molecule has 0 aliphatic heterocycles. The number of amides is 1. The van der Waals surface area contributed by atoms with E-state index in [4.69, 9.17) is 4.74 Å². The number of carbonyl (C=O) groups excluding carboxylic acids is 1. The van der Waals surface area contributed by atoms with Gasteiger partial charge in [-0.05, 0) is 35.1 Å². The average Bonchev–Trinajstić information content (AvgIpc) is 2.64. The summed E-state index contributed by atoms with van der Waals surface area (Å²) in [5.74, 6) is -1.66. The highest BCUT2D eigenvalue weighted by Crippen LogP contribution is 2.31. The summed E-state index contributed by atoms with van der Waals surface area (Å²) in [6.07, 6.45) is -0.227. The Morgan fingerprint density at radius 3 is 2.33 bits per heavy atom. The van der Waals surface area contributed by atoms with Gasteiger partial charge in [-0.25, -0.2) is 4.79 Å². The molecule has 0 heterocycles. The summed E-state index contributed by atoms with van der Waals surface area (Å²) < 4.78 is 6.11. The van der Waals surface area contributed by atoms with Gasteiger partial charge in [-0.3, -0.25) is 4.79 Å². The first-order valence-electron chi connectivity index (χ1n) is 8.71. The second kappa shape index (κ2) is 9.55. The first-order chi connectivity index (χ1) is 12.8. The minimum absolute atomic E-state index is 0.0168. The summed E-state index contributed by atoms with van der Waals surface area (Å²) in [5.41, 5.74) is 1.57. The standard InChI is InChI=1S/C21H24BrNO4/c1-21(2,17-8-10-18(22)11-9-17)12-16(19(24)25)13-23-20(26)27-14-15-6-4-3-5-7-15/h3-11,16H,12-14H2,1-2H3,(H,23,26)(H,24,25). The molecule has 0 saturated carbocycles. The molecule has 6 heteroatoms. The summed E-state index contributed by atoms with van der Waals surface area (Å²) in [5, 5.41) is 12.1. The lowest BCUT2D eigenvalue weighted by molar-refractivity contribution is -0.142. The zero-order valence-corrected chi connectivity index (χ0v) is 17.0. The van der Waals surface area contributed by atoms with E-state index in [-0.39, 0.29) is 18.6 Å². The van der Waals surface area contributed by atoms with E-state index in [9.17, 15) is 14.7 Å². The van der Waals surface area contributed by atoms with Crippen molar-refractivity contribution in [3.8, 4) is 0 Å². The van der Waals surface area contributed by atoms with Crippen LogP contribution in [0.4, 0.5) is 4.79 Å². The van der Waals surface area contributed by atoms with Gasteiger partial charge in [0.05, 0.1) is 5.92 Å². The number of rotatable bonds is 8. The highest BCUT2D eigenvalue weighted by Gasteiger charge is 2.29. The van der Waals surface area contributed by atoms with E-state index in [0.717, 1.165) is 15.6 Å². The fourth-order valence-electron chi connectivity index (χ4n) is 2.86. The van der Waals surface area contributed by atoms with E-state index in [1.54, 1.807) is 0 Å². The number of aliphatic carboxylic acids is 1. The molecule has 2 rings (SSSR count). The van der Waals surface area contributed by atoms with E-state index < -0.39 is 18.0 Å². The third kappa shape index (κ3) is 6.71. The zero-order chi connectivity index (χ0) is 19.9. The predicted molar refractivity (Wildman–Crippen MR) is 108 cm³/mol. The summed E-state index contributed by atoms with van der Waals surface area (Å²) in [6, 6.07) is 17.1. The number of carbonyl (C=O) groups is 2. The smallest absolute Gasteiger partial charge is 0.407 e. The summed E-state index contributed by atoms with van der Waals surface area (Å²) in [4.78, 5) is 23.5. The van der Waals surface area contributed by atoms with Crippen molar-refractivity contribution in [2.45, 2.75) is 32.3 Å². The number of benzene rings is 2. The maximum Gasteiger partial charge on any atom is 0.407 e. The topological polar surface area (TPSA) is 75.6 Å². The number of nitrogens with one attached hydrogen (secondary N) is 1. The van der Waals surface area contributed by atoms with Gasteiger partial charge in [0.1, 0.15) is 6.61 Å². The van der Waals surface area contributed by atoms with Crippen LogP contribution < -0.4 is 5.32 Å². The van der Waals surface area contributed by atoms with Crippen LogP contribution in [0.3, 0.4) is 0 Å². The summed E-state index contributed by atoms with van der Waals surface area (Å²) in [7, 11) is 0. The van der Waals surface area contributed by atoms with Crippen LogP contribution in [-0.2, 0) is 21.6 Å². The molecule has 1 atom stereocenters. The molecule has 0 bridgehead atoms. The molecule has 2 aromatic carbocycles. The number of hydrogen-bond acceptors (Lipinski definition) is 3. The number of carboxylic acid groups (broad SMARTS) is 1. The second-order valence-electron chi connectivity index (χ2n) is 7.07. The Morgan fingerprint density at radius 1 is 1.11 bits per heavy atom. The molecule has 0 aliphatic carbocycles. The maximum atomic E-state index is 11.9. The molecular weight excluding hydrogens is 410 g/mol. The molecule has 2 N–H and O–H groups in total. The van der Waals surface area contributed by atoms with Crippen molar-refractivity contribution in [1.29, 1.82) is 0 Å². The fourth-order valence-corrected chi connectivity index (χ4v) is 3.13. The number of hydrogen-bond donors (Lipinski definition) is 2. The number of carboxylic acids is 1. The zero-order valence-electron chi connectivity index (χ0n) is 15.4. The Kier molecular flexibility index (Phi) is 7.42. The molecule has 2 aromatic rings. The van der Waals surface area contributed by atoms with Gasteiger partial charge in [-0.2, -0.15) is 0 Å². The molecule has 5 nitrogen and oxygen atoms in total. The summed E-state index contributed by atoms with van der Waals surface area (Å²) in [6.45, 7) is 4.16. The van der Waals surface area contributed by atoms with Crippen LogP contribution in [0, 0.1) is 5.92 Å². The molecule has 1 unspecified atom stereocenters. The average molecular weight is 434 g/mol. The third-order valence-electron chi connectivity index (χ3n) is 4.44. The molecule has 1 amide bonds. The first-order valence-corrected chi connectivity index (χ1v) is 9.50. The van der Waals surface area contributed by atoms with Gasteiger partial charge >= 0.3 is 12.1 Å². The molecule has 0 saturated heterocycles. The maximum absolute atomic E-state index is 11.9. The van der Waals surface area contributed by atoms with Gasteiger partial charge in [0.2, 0.25) is 0 Å². The van der Waals surface area contributed by atoms with Crippen LogP contribution >= 0.6 is 15.9 Å². The molecule has 144 valence electrons. The highest BCUT2D eigenvalue weighted by atomic mass is 79.9.